The van der Waals surface area contributed by atoms with Crippen LogP contribution in [0.5, 0.6) is 0 Å². The van der Waals surface area contributed by atoms with E-state index in [9.17, 15) is 22.8 Å². The molecule has 1 aromatic heterocycles. The zero-order valence-electron chi connectivity index (χ0n) is 13.9. The summed E-state index contributed by atoms with van der Waals surface area (Å²) in [5, 5.41) is 6.75. The van der Waals surface area contributed by atoms with E-state index in [4.69, 9.17) is 0 Å². The van der Waals surface area contributed by atoms with E-state index in [1.54, 1.807) is 0 Å². The van der Waals surface area contributed by atoms with Gasteiger partial charge in [-0.1, -0.05) is 19.1 Å². The molecule has 0 fully saturated rings. The maximum Gasteiger partial charge on any atom is 0.416 e. The van der Waals surface area contributed by atoms with Crippen molar-refractivity contribution in [2.24, 2.45) is 7.05 Å². The molecular weight excluding hydrogens is 337 g/mol. The molecule has 0 saturated heterocycles. The molecule has 1 N–H and O–H groups in total. The van der Waals surface area contributed by atoms with Crippen LogP contribution in [0.15, 0.2) is 29.1 Å². The Balaban J connectivity index is 2.21. The summed E-state index contributed by atoms with van der Waals surface area (Å²) < 4.78 is 40.8. The molecule has 9 heteroatoms. The normalized spacial score (nSPS) is 11.6. The van der Waals surface area contributed by atoms with Gasteiger partial charge in [-0.3, -0.25) is 9.36 Å². The lowest BCUT2D eigenvalue weighted by Crippen LogP contribution is -2.31. The predicted molar refractivity (Wildman–Crippen MR) is 85.8 cm³/mol. The van der Waals surface area contributed by atoms with E-state index >= 15 is 0 Å². The average Bonchev–Trinajstić information content (AvgIpc) is 2.83. The summed E-state index contributed by atoms with van der Waals surface area (Å²) in [5.41, 5.74) is -1.07. The Bertz CT molecular complexity index is 808. The van der Waals surface area contributed by atoms with E-state index in [0.29, 0.717) is 6.42 Å². The average molecular weight is 356 g/mol. The van der Waals surface area contributed by atoms with E-state index in [0.717, 1.165) is 23.2 Å². The summed E-state index contributed by atoms with van der Waals surface area (Å²) in [6, 6.07) is 4.65. The maximum absolute atomic E-state index is 12.8. The highest BCUT2D eigenvalue weighted by Crippen LogP contribution is 2.31. The summed E-state index contributed by atoms with van der Waals surface area (Å²) in [6.45, 7) is 2.24. The van der Waals surface area contributed by atoms with Gasteiger partial charge in [-0.25, -0.2) is 9.48 Å². The number of alkyl halides is 3. The van der Waals surface area contributed by atoms with E-state index in [-0.39, 0.29) is 30.4 Å². The number of hydrogen-bond acceptors (Lipinski definition) is 3. The largest absolute Gasteiger partial charge is 0.416 e. The van der Waals surface area contributed by atoms with E-state index in [2.05, 4.69) is 10.4 Å². The van der Waals surface area contributed by atoms with Crippen molar-refractivity contribution in [3.8, 4) is 11.4 Å². The molecule has 0 bridgehead atoms. The van der Waals surface area contributed by atoms with Crippen molar-refractivity contribution in [2.45, 2.75) is 32.5 Å². The number of benzene rings is 1. The Morgan fingerprint density at radius 3 is 2.68 bits per heavy atom. The van der Waals surface area contributed by atoms with Crippen LogP contribution in [-0.4, -0.2) is 26.8 Å². The van der Waals surface area contributed by atoms with Crippen LogP contribution in [0.1, 0.15) is 25.3 Å². The third-order valence-electron chi connectivity index (χ3n) is 3.61. The molecule has 0 unspecified atom stereocenters. The molecule has 6 nitrogen and oxygen atoms in total. The van der Waals surface area contributed by atoms with Gasteiger partial charge in [0, 0.05) is 25.6 Å². The molecule has 0 aliphatic heterocycles. The summed E-state index contributed by atoms with van der Waals surface area (Å²) >= 11 is 0. The van der Waals surface area contributed by atoms with Crippen molar-refractivity contribution < 1.29 is 18.0 Å². The first kappa shape index (κ1) is 18.8. The molecule has 1 aromatic carbocycles. The lowest BCUT2D eigenvalue weighted by atomic mass is 10.1. The van der Waals surface area contributed by atoms with Crippen LogP contribution in [0.3, 0.4) is 0 Å². The van der Waals surface area contributed by atoms with Gasteiger partial charge in [-0.2, -0.15) is 13.2 Å². The van der Waals surface area contributed by atoms with E-state index in [1.807, 2.05) is 6.92 Å². The van der Waals surface area contributed by atoms with Crippen molar-refractivity contribution >= 4 is 5.91 Å². The molecule has 2 aromatic rings. The van der Waals surface area contributed by atoms with Gasteiger partial charge in [0.05, 0.1) is 12.1 Å². The van der Waals surface area contributed by atoms with Crippen LogP contribution in [0.2, 0.25) is 0 Å². The summed E-state index contributed by atoms with van der Waals surface area (Å²) in [5.74, 6) is 0.0144. The van der Waals surface area contributed by atoms with Crippen molar-refractivity contribution in [2.75, 3.05) is 6.54 Å². The van der Waals surface area contributed by atoms with Gasteiger partial charge in [0.1, 0.15) is 0 Å². The minimum atomic E-state index is -4.47. The zero-order chi connectivity index (χ0) is 18.6. The number of aromatic nitrogens is 3. The topological polar surface area (TPSA) is 68.9 Å². The monoisotopic (exact) mass is 356 g/mol. The Hall–Kier alpha value is -2.58. The van der Waals surface area contributed by atoms with E-state index < -0.39 is 17.4 Å². The molecular formula is C16H19F3N4O2. The number of carbonyl (C=O) groups is 1. The fraction of sp³-hybridized carbons (Fsp3) is 0.438. The standard InChI is InChI=1S/C16H19F3N4O2/c1-3-5-13(24)20-8-9-23-15(25)22(2)14(21-23)11-6-4-7-12(10-11)16(17,18)19/h4,6-7,10H,3,5,8-9H2,1-2H3,(H,20,24). The number of hydrogen-bond donors (Lipinski definition) is 1. The van der Waals surface area contributed by atoms with Crippen LogP contribution >= 0.6 is 0 Å². The van der Waals surface area contributed by atoms with Crippen molar-refractivity contribution in [3.05, 3.63) is 40.3 Å². The van der Waals surface area contributed by atoms with Gasteiger partial charge in [0.25, 0.3) is 0 Å². The highest BCUT2D eigenvalue weighted by atomic mass is 19.4. The first-order chi connectivity index (χ1) is 11.7. The molecule has 25 heavy (non-hydrogen) atoms. The third kappa shape index (κ3) is 4.49. The van der Waals surface area contributed by atoms with Crippen LogP contribution in [0.4, 0.5) is 13.2 Å². The minimum absolute atomic E-state index is 0.121. The van der Waals surface area contributed by atoms with Gasteiger partial charge in [-0.15, -0.1) is 5.10 Å². The van der Waals surface area contributed by atoms with E-state index in [1.165, 1.54) is 23.7 Å². The van der Waals surface area contributed by atoms with Crippen molar-refractivity contribution in [1.82, 2.24) is 19.7 Å². The molecule has 0 aliphatic rings. The molecule has 136 valence electrons. The molecule has 0 radical (unpaired) electrons. The minimum Gasteiger partial charge on any atom is -0.354 e. The second kappa shape index (κ2) is 7.54. The van der Waals surface area contributed by atoms with Gasteiger partial charge in [0.15, 0.2) is 5.82 Å². The number of nitrogens with zero attached hydrogens (tertiary/aromatic N) is 3. The fourth-order valence-electron chi connectivity index (χ4n) is 2.34. The van der Waals surface area contributed by atoms with Crippen molar-refractivity contribution in [1.29, 1.82) is 0 Å². The number of rotatable bonds is 6. The summed E-state index contributed by atoms with van der Waals surface area (Å²) in [4.78, 5) is 23.6. The van der Waals surface area contributed by atoms with Crippen LogP contribution < -0.4 is 11.0 Å². The van der Waals surface area contributed by atoms with Crippen LogP contribution in [0, 0.1) is 0 Å². The lowest BCUT2D eigenvalue weighted by molar-refractivity contribution is -0.137. The van der Waals surface area contributed by atoms with Crippen LogP contribution in [0.25, 0.3) is 11.4 Å². The highest BCUT2D eigenvalue weighted by Gasteiger charge is 2.30. The zero-order valence-corrected chi connectivity index (χ0v) is 13.9. The van der Waals surface area contributed by atoms with Gasteiger partial charge in [-0.05, 0) is 18.6 Å². The quantitative estimate of drug-likeness (QED) is 0.863. The van der Waals surface area contributed by atoms with Gasteiger partial charge < -0.3 is 5.32 Å². The molecule has 0 aliphatic carbocycles. The first-order valence-electron chi connectivity index (χ1n) is 7.82. The Labute approximate surface area is 142 Å². The summed E-state index contributed by atoms with van der Waals surface area (Å²) in [7, 11) is 1.44. The smallest absolute Gasteiger partial charge is 0.354 e. The second-order valence-corrected chi connectivity index (χ2v) is 5.57. The molecule has 0 atom stereocenters. The molecule has 2 rings (SSSR count). The second-order valence-electron chi connectivity index (χ2n) is 5.57. The highest BCUT2D eigenvalue weighted by molar-refractivity contribution is 5.75. The number of carbonyl (C=O) groups excluding carboxylic acids is 1. The maximum atomic E-state index is 12.8. The first-order valence-corrected chi connectivity index (χ1v) is 7.82. The number of amides is 1. The lowest BCUT2D eigenvalue weighted by Gasteiger charge is -2.08. The Morgan fingerprint density at radius 2 is 2.04 bits per heavy atom. The van der Waals surface area contributed by atoms with Gasteiger partial charge in [0.2, 0.25) is 5.91 Å². The Kier molecular flexibility index (Phi) is 5.66. The van der Waals surface area contributed by atoms with Crippen LogP contribution in [-0.2, 0) is 24.6 Å². The van der Waals surface area contributed by atoms with Gasteiger partial charge >= 0.3 is 11.9 Å². The number of halogens is 3. The molecule has 1 heterocycles. The fourth-order valence-corrected chi connectivity index (χ4v) is 2.34. The van der Waals surface area contributed by atoms with Crippen molar-refractivity contribution in [3.63, 3.8) is 0 Å². The molecule has 0 spiro atoms. The molecule has 0 saturated carbocycles. The molecule has 1 amide bonds. The SMILES string of the molecule is CCCC(=O)NCCn1nc(-c2cccc(C(F)(F)F)c2)n(C)c1=O. The summed E-state index contributed by atoms with van der Waals surface area (Å²) in [6.07, 6.45) is -3.36. The Morgan fingerprint density at radius 1 is 1.32 bits per heavy atom. The predicted octanol–water partition coefficient (Wildman–Crippen LogP) is 2.18. The third-order valence-corrected chi connectivity index (χ3v) is 3.61. The number of nitrogens with one attached hydrogen (secondary N) is 1.